The average Bonchev–Trinajstić information content (AvgIpc) is 3.20. The monoisotopic (exact) mass is 426 g/mol. The molecule has 3 rings (SSSR count). The summed E-state index contributed by atoms with van der Waals surface area (Å²) >= 11 is 1.58. The predicted molar refractivity (Wildman–Crippen MR) is 121 cm³/mol. The van der Waals surface area contributed by atoms with Crippen molar-refractivity contribution in [1.29, 1.82) is 5.26 Å². The zero-order chi connectivity index (χ0) is 21.6. The van der Waals surface area contributed by atoms with Crippen molar-refractivity contribution in [3.05, 3.63) is 40.6 Å². The number of nitriles is 1. The summed E-state index contributed by atoms with van der Waals surface area (Å²) in [5.41, 5.74) is 3.17. The molecule has 0 saturated carbocycles. The second kappa shape index (κ2) is 10.1. The Morgan fingerprint density at radius 1 is 1.27 bits per heavy atom. The minimum Gasteiger partial charge on any atom is -0.385 e. The Labute approximate surface area is 182 Å². The molecule has 1 aliphatic heterocycles. The first kappa shape index (κ1) is 22.3. The molecular formula is C23H30N4O2S. The Morgan fingerprint density at radius 3 is 2.60 bits per heavy atom. The molecule has 160 valence electrons. The summed E-state index contributed by atoms with van der Waals surface area (Å²) in [7, 11) is 0. The van der Waals surface area contributed by atoms with Crippen LogP contribution < -0.4 is 16.0 Å². The minimum atomic E-state index is -0.763. The standard InChI is InChI=1S/C23H30N4O2S/c1-16(2)13-20(22(28)26-12-9-24)27-21-15-30-14-19(21)17-3-5-18(6-4-17)23(29)7-10-25-11-8-23/h3-6,14-16,20,25,27,29H,7-8,10-13H2,1-2H3,(H,26,28)/t20-/m0/s1. The van der Waals surface area contributed by atoms with Gasteiger partial charge < -0.3 is 21.1 Å². The molecule has 1 saturated heterocycles. The predicted octanol–water partition coefficient (Wildman–Crippen LogP) is 3.45. The van der Waals surface area contributed by atoms with Gasteiger partial charge in [0.15, 0.2) is 0 Å². The summed E-state index contributed by atoms with van der Waals surface area (Å²) in [6.45, 7) is 5.80. The van der Waals surface area contributed by atoms with Crippen LogP contribution in [-0.2, 0) is 10.4 Å². The van der Waals surface area contributed by atoms with Crippen LogP contribution in [0, 0.1) is 17.2 Å². The third-order valence-electron chi connectivity index (χ3n) is 5.52. The largest absolute Gasteiger partial charge is 0.385 e. The zero-order valence-corrected chi connectivity index (χ0v) is 18.4. The van der Waals surface area contributed by atoms with Gasteiger partial charge in [-0.3, -0.25) is 4.79 Å². The van der Waals surface area contributed by atoms with E-state index in [0.717, 1.165) is 35.5 Å². The Morgan fingerprint density at radius 2 is 1.97 bits per heavy atom. The highest BCUT2D eigenvalue weighted by Crippen LogP contribution is 2.36. The van der Waals surface area contributed by atoms with E-state index in [4.69, 9.17) is 5.26 Å². The minimum absolute atomic E-state index is 0.00545. The molecule has 6 nitrogen and oxygen atoms in total. The first-order chi connectivity index (χ1) is 14.4. The van der Waals surface area contributed by atoms with Crippen LogP contribution in [0.15, 0.2) is 35.0 Å². The highest BCUT2D eigenvalue weighted by molar-refractivity contribution is 7.08. The number of nitrogens with zero attached hydrogens (tertiary/aromatic N) is 1. The van der Waals surface area contributed by atoms with Gasteiger partial charge in [-0.1, -0.05) is 38.1 Å². The van der Waals surface area contributed by atoms with E-state index in [0.29, 0.717) is 25.2 Å². The van der Waals surface area contributed by atoms with E-state index in [1.54, 1.807) is 11.3 Å². The summed E-state index contributed by atoms with van der Waals surface area (Å²) in [4.78, 5) is 12.5. The Kier molecular flexibility index (Phi) is 7.48. The molecule has 2 heterocycles. The van der Waals surface area contributed by atoms with Gasteiger partial charge in [-0.2, -0.15) is 5.26 Å². The van der Waals surface area contributed by atoms with Crippen molar-refractivity contribution in [3.63, 3.8) is 0 Å². The third-order valence-corrected chi connectivity index (χ3v) is 6.26. The van der Waals surface area contributed by atoms with Crippen molar-refractivity contribution in [2.45, 2.75) is 44.8 Å². The van der Waals surface area contributed by atoms with Crippen LogP contribution in [0.4, 0.5) is 5.69 Å². The molecule has 1 atom stereocenters. The van der Waals surface area contributed by atoms with Crippen LogP contribution in [0.25, 0.3) is 11.1 Å². The molecule has 1 aliphatic rings. The van der Waals surface area contributed by atoms with E-state index < -0.39 is 11.6 Å². The first-order valence-electron chi connectivity index (χ1n) is 10.4. The van der Waals surface area contributed by atoms with Gasteiger partial charge >= 0.3 is 0 Å². The summed E-state index contributed by atoms with van der Waals surface area (Å²) in [6.07, 6.45) is 2.10. The third kappa shape index (κ3) is 5.39. The van der Waals surface area contributed by atoms with Gasteiger partial charge in [-0.05, 0) is 49.4 Å². The van der Waals surface area contributed by atoms with E-state index in [-0.39, 0.29) is 12.5 Å². The molecule has 0 bridgehead atoms. The van der Waals surface area contributed by atoms with Crippen LogP contribution >= 0.6 is 11.3 Å². The Bertz CT molecular complexity index is 879. The Balaban J connectivity index is 1.78. The lowest BCUT2D eigenvalue weighted by Gasteiger charge is -2.33. The van der Waals surface area contributed by atoms with Crippen molar-refractivity contribution < 1.29 is 9.90 Å². The van der Waals surface area contributed by atoms with Crippen LogP contribution in [0.2, 0.25) is 0 Å². The lowest BCUT2D eigenvalue weighted by atomic mass is 9.84. The molecule has 0 unspecified atom stereocenters. The molecule has 4 N–H and O–H groups in total. The Hall–Kier alpha value is -2.40. The van der Waals surface area contributed by atoms with Gasteiger partial charge in [0.1, 0.15) is 12.6 Å². The molecular weight excluding hydrogens is 396 g/mol. The van der Waals surface area contributed by atoms with Crippen LogP contribution in [-0.4, -0.2) is 36.7 Å². The number of piperidine rings is 1. The second-order valence-corrected chi connectivity index (χ2v) is 9.00. The quantitative estimate of drug-likeness (QED) is 0.485. The van der Waals surface area contributed by atoms with E-state index in [9.17, 15) is 9.90 Å². The number of nitrogens with one attached hydrogen (secondary N) is 3. The molecule has 1 fully saturated rings. The first-order valence-corrected chi connectivity index (χ1v) is 11.4. The SMILES string of the molecule is CC(C)C[C@H](Nc1cscc1-c1ccc(C2(O)CCNCC2)cc1)C(=O)NCC#N. The maximum atomic E-state index is 12.5. The summed E-state index contributed by atoms with van der Waals surface area (Å²) in [5.74, 6) is 0.174. The number of carbonyl (C=O) groups excluding carboxylic acids is 1. The van der Waals surface area contributed by atoms with Crippen molar-refractivity contribution in [2.24, 2.45) is 5.92 Å². The van der Waals surface area contributed by atoms with Crippen LogP contribution in [0.1, 0.15) is 38.7 Å². The van der Waals surface area contributed by atoms with Crippen molar-refractivity contribution in [3.8, 4) is 17.2 Å². The van der Waals surface area contributed by atoms with Crippen LogP contribution in [0.5, 0.6) is 0 Å². The maximum Gasteiger partial charge on any atom is 0.243 e. The number of carbonyl (C=O) groups is 1. The topological polar surface area (TPSA) is 97.2 Å². The lowest BCUT2D eigenvalue weighted by Crippen LogP contribution is -2.40. The van der Waals surface area contributed by atoms with E-state index in [2.05, 4.69) is 35.2 Å². The van der Waals surface area contributed by atoms with Gasteiger partial charge in [0, 0.05) is 16.3 Å². The summed E-state index contributed by atoms with van der Waals surface area (Å²) in [6, 6.07) is 9.64. The maximum absolute atomic E-state index is 12.5. The number of rotatable bonds is 8. The van der Waals surface area contributed by atoms with E-state index >= 15 is 0 Å². The zero-order valence-electron chi connectivity index (χ0n) is 17.6. The van der Waals surface area contributed by atoms with E-state index in [1.807, 2.05) is 35.7 Å². The second-order valence-electron chi connectivity index (χ2n) is 8.26. The normalized spacial score (nSPS) is 16.6. The summed E-state index contributed by atoms with van der Waals surface area (Å²) in [5, 5.41) is 33.1. The van der Waals surface area contributed by atoms with E-state index in [1.165, 1.54) is 0 Å². The van der Waals surface area contributed by atoms with Crippen molar-refractivity contribution in [1.82, 2.24) is 10.6 Å². The molecule has 0 spiro atoms. The van der Waals surface area contributed by atoms with Gasteiger partial charge in [0.25, 0.3) is 0 Å². The van der Waals surface area contributed by atoms with Crippen molar-refractivity contribution >= 4 is 22.9 Å². The highest BCUT2D eigenvalue weighted by atomic mass is 32.1. The highest BCUT2D eigenvalue weighted by Gasteiger charge is 2.31. The fourth-order valence-corrected chi connectivity index (χ4v) is 4.66. The number of aliphatic hydroxyl groups is 1. The fourth-order valence-electron chi connectivity index (χ4n) is 3.86. The number of hydrogen-bond acceptors (Lipinski definition) is 6. The molecule has 30 heavy (non-hydrogen) atoms. The molecule has 0 aliphatic carbocycles. The molecule has 2 aromatic rings. The van der Waals surface area contributed by atoms with Gasteiger partial charge in [-0.15, -0.1) is 11.3 Å². The number of anilines is 1. The molecule has 7 heteroatoms. The number of thiophene rings is 1. The molecule has 1 amide bonds. The smallest absolute Gasteiger partial charge is 0.243 e. The van der Waals surface area contributed by atoms with Crippen LogP contribution in [0.3, 0.4) is 0 Å². The molecule has 0 radical (unpaired) electrons. The average molecular weight is 427 g/mol. The molecule has 1 aromatic carbocycles. The molecule has 1 aromatic heterocycles. The summed E-state index contributed by atoms with van der Waals surface area (Å²) < 4.78 is 0. The number of hydrogen-bond donors (Lipinski definition) is 4. The fraction of sp³-hybridized carbons (Fsp3) is 0.478. The number of benzene rings is 1. The lowest BCUT2D eigenvalue weighted by molar-refractivity contribution is -0.121. The van der Waals surface area contributed by atoms with Gasteiger partial charge in [0.05, 0.1) is 17.4 Å². The van der Waals surface area contributed by atoms with Gasteiger partial charge in [0.2, 0.25) is 5.91 Å². The number of amides is 1. The van der Waals surface area contributed by atoms with Crippen molar-refractivity contribution in [2.75, 3.05) is 25.0 Å². The van der Waals surface area contributed by atoms with Gasteiger partial charge in [-0.25, -0.2) is 0 Å².